The summed E-state index contributed by atoms with van der Waals surface area (Å²) in [4.78, 5) is 28.0. The number of anilines is 1. The molecule has 0 unspecified atom stereocenters. The number of rotatable bonds is 3. The zero-order valence-corrected chi connectivity index (χ0v) is 10.00. The van der Waals surface area contributed by atoms with Crippen molar-refractivity contribution in [3.8, 4) is 0 Å². The van der Waals surface area contributed by atoms with Crippen LogP contribution in [0.1, 0.15) is 12.1 Å². The molecule has 0 saturated carbocycles. The lowest BCUT2D eigenvalue weighted by Crippen LogP contribution is -2.28. The minimum atomic E-state index is -0.880. The highest BCUT2D eigenvalue weighted by atomic mass is 32.1. The first-order valence-electron chi connectivity index (χ1n) is 5.33. The van der Waals surface area contributed by atoms with E-state index in [2.05, 4.69) is 10.3 Å². The lowest BCUT2D eigenvalue weighted by Gasteiger charge is -2.17. The molecule has 0 bridgehead atoms. The number of nitrogens with one attached hydrogen (secondary N) is 1. The van der Waals surface area contributed by atoms with Crippen molar-refractivity contribution < 1.29 is 14.7 Å². The van der Waals surface area contributed by atoms with Crippen molar-refractivity contribution in [2.75, 3.05) is 24.5 Å². The average Bonchev–Trinajstić information content (AvgIpc) is 2.59. The Hall–Kier alpha value is -1.63. The van der Waals surface area contributed by atoms with Crippen LogP contribution in [0.2, 0.25) is 0 Å². The van der Waals surface area contributed by atoms with Crippen LogP contribution in [0.15, 0.2) is 5.38 Å². The second-order valence-corrected chi connectivity index (χ2v) is 4.62. The van der Waals surface area contributed by atoms with Crippen molar-refractivity contribution in [2.24, 2.45) is 0 Å². The summed E-state index contributed by atoms with van der Waals surface area (Å²) in [7, 11) is 0. The van der Waals surface area contributed by atoms with E-state index in [9.17, 15) is 9.59 Å². The molecular weight excluding hydrogens is 242 g/mol. The predicted molar refractivity (Wildman–Crippen MR) is 63.3 cm³/mol. The summed E-state index contributed by atoms with van der Waals surface area (Å²) in [5, 5.41) is 14.0. The molecule has 2 N–H and O–H groups in total. The largest absolute Gasteiger partial charge is 0.481 e. The van der Waals surface area contributed by atoms with Crippen molar-refractivity contribution in [2.45, 2.75) is 12.8 Å². The van der Waals surface area contributed by atoms with Gasteiger partial charge in [0.25, 0.3) is 0 Å². The molecule has 0 spiro atoms. The second-order valence-electron chi connectivity index (χ2n) is 3.78. The monoisotopic (exact) mass is 255 g/mol. The molecule has 6 nitrogen and oxygen atoms in total. The molecule has 1 amide bonds. The topological polar surface area (TPSA) is 82.5 Å². The molecule has 1 fully saturated rings. The number of nitrogens with zero attached hydrogens (tertiary/aromatic N) is 2. The van der Waals surface area contributed by atoms with Crippen LogP contribution in [0.25, 0.3) is 0 Å². The normalized spacial score (nSPS) is 16.5. The third-order valence-electron chi connectivity index (χ3n) is 2.46. The van der Waals surface area contributed by atoms with Gasteiger partial charge in [-0.1, -0.05) is 0 Å². The van der Waals surface area contributed by atoms with Crippen LogP contribution in [-0.4, -0.2) is 41.6 Å². The minimum Gasteiger partial charge on any atom is -0.481 e. The molecule has 1 aliphatic heterocycles. The Kier molecular flexibility index (Phi) is 3.58. The first-order chi connectivity index (χ1) is 8.15. The number of aromatic nitrogens is 1. The fourth-order valence-electron chi connectivity index (χ4n) is 1.64. The van der Waals surface area contributed by atoms with Crippen LogP contribution in [0, 0.1) is 0 Å². The molecule has 92 valence electrons. The molecule has 1 aromatic heterocycles. The van der Waals surface area contributed by atoms with E-state index in [0.717, 1.165) is 5.13 Å². The molecule has 2 heterocycles. The van der Waals surface area contributed by atoms with E-state index >= 15 is 0 Å². The van der Waals surface area contributed by atoms with Crippen LogP contribution in [-0.2, 0) is 16.0 Å². The van der Waals surface area contributed by atoms with E-state index < -0.39 is 5.97 Å². The van der Waals surface area contributed by atoms with E-state index in [0.29, 0.717) is 31.7 Å². The zero-order valence-electron chi connectivity index (χ0n) is 9.18. The first kappa shape index (κ1) is 11.8. The molecule has 1 saturated heterocycles. The molecule has 17 heavy (non-hydrogen) atoms. The predicted octanol–water partition coefficient (Wildman–Crippen LogP) is 0.0965. The molecule has 0 atom stereocenters. The number of carbonyl (C=O) groups excluding carboxylic acids is 1. The Morgan fingerprint density at radius 3 is 3.18 bits per heavy atom. The molecule has 0 aromatic carbocycles. The first-order valence-corrected chi connectivity index (χ1v) is 6.21. The summed E-state index contributed by atoms with van der Waals surface area (Å²) in [5.41, 5.74) is 0.570. The molecule has 2 rings (SSSR count). The maximum absolute atomic E-state index is 11.2. The standard InChI is InChI=1S/C10H13N3O3S/c14-8-1-3-13(4-2-11-8)10-12-7(6-17-10)5-9(15)16/h6H,1-5H2,(H,11,14)(H,15,16). The number of carboxylic acid groups (broad SMARTS) is 1. The highest BCUT2D eigenvalue weighted by Crippen LogP contribution is 2.21. The Morgan fingerprint density at radius 1 is 1.59 bits per heavy atom. The number of aliphatic carboxylic acids is 1. The third kappa shape index (κ3) is 3.16. The second kappa shape index (κ2) is 5.13. The average molecular weight is 255 g/mol. The molecule has 7 heteroatoms. The molecular formula is C10H13N3O3S. The number of carbonyl (C=O) groups is 2. The van der Waals surface area contributed by atoms with E-state index in [4.69, 9.17) is 5.11 Å². The van der Waals surface area contributed by atoms with Crippen molar-refractivity contribution in [3.63, 3.8) is 0 Å². The zero-order chi connectivity index (χ0) is 12.3. The van der Waals surface area contributed by atoms with Gasteiger partial charge in [0.15, 0.2) is 5.13 Å². The summed E-state index contributed by atoms with van der Waals surface area (Å²) in [6.45, 7) is 1.95. The Balaban J connectivity index is 2.03. The Labute approximate surface area is 102 Å². The lowest BCUT2D eigenvalue weighted by atomic mass is 10.3. The summed E-state index contributed by atoms with van der Waals surface area (Å²) in [5.74, 6) is -0.829. The number of thiazole rings is 1. The maximum atomic E-state index is 11.2. The summed E-state index contributed by atoms with van der Waals surface area (Å²) in [6, 6.07) is 0. The van der Waals surface area contributed by atoms with Crippen LogP contribution >= 0.6 is 11.3 Å². The van der Waals surface area contributed by atoms with Gasteiger partial charge >= 0.3 is 5.97 Å². The van der Waals surface area contributed by atoms with Crippen molar-refractivity contribution >= 4 is 28.3 Å². The molecule has 0 radical (unpaired) electrons. The molecule has 1 aromatic rings. The van der Waals surface area contributed by atoms with Crippen molar-refractivity contribution in [1.82, 2.24) is 10.3 Å². The number of carboxylic acids is 1. The van der Waals surface area contributed by atoms with Crippen LogP contribution in [0.5, 0.6) is 0 Å². The summed E-state index contributed by atoms with van der Waals surface area (Å²) < 4.78 is 0. The fourth-order valence-corrected chi connectivity index (χ4v) is 2.52. The van der Waals surface area contributed by atoms with Gasteiger partial charge in [0.1, 0.15) is 0 Å². The van der Waals surface area contributed by atoms with Gasteiger partial charge in [-0.2, -0.15) is 0 Å². The lowest BCUT2D eigenvalue weighted by molar-refractivity contribution is -0.136. The third-order valence-corrected chi connectivity index (χ3v) is 3.41. The Bertz CT molecular complexity index is 432. The molecule has 0 aliphatic carbocycles. The van der Waals surface area contributed by atoms with Gasteiger partial charge in [-0.05, 0) is 0 Å². The van der Waals surface area contributed by atoms with E-state index in [-0.39, 0.29) is 12.3 Å². The summed E-state index contributed by atoms with van der Waals surface area (Å²) >= 11 is 1.42. The van der Waals surface area contributed by atoms with Gasteiger partial charge in [-0.25, -0.2) is 4.98 Å². The quantitative estimate of drug-likeness (QED) is 0.800. The smallest absolute Gasteiger partial charge is 0.309 e. The van der Waals surface area contributed by atoms with E-state index in [1.165, 1.54) is 11.3 Å². The van der Waals surface area contributed by atoms with Gasteiger partial charge in [0.05, 0.1) is 12.1 Å². The van der Waals surface area contributed by atoms with Gasteiger partial charge in [0.2, 0.25) is 5.91 Å². The van der Waals surface area contributed by atoms with E-state index in [1.807, 2.05) is 4.90 Å². The van der Waals surface area contributed by atoms with Gasteiger partial charge in [0, 0.05) is 31.4 Å². The van der Waals surface area contributed by atoms with E-state index in [1.54, 1.807) is 5.38 Å². The van der Waals surface area contributed by atoms with Gasteiger partial charge < -0.3 is 15.3 Å². The van der Waals surface area contributed by atoms with Crippen LogP contribution < -0.4 is 10.2 Å². The van der Waals surface area contributed by atoms with Crippen molar-refractivity contribution in [3.05, 3.63) is 11.1 Å². The van der Waals surface area contributed by atoms with Crippen molar-refractivity contribution in [1.29, 1.82) is 0 Å². The Morgan fingerprint density at radius 2 is 2.41 bits per heavy atom. The maximum Gasteiger partial charge on any atom is 0.309 e. The number of hydrogen-bond acceptors (Lipinski definition) is 5. The number of hydrogen-bond donors (Lipinski definition) is 2. The minimum absolute atomic E-state index is 0.0508. The molecule has 1 aliphatic rings. The number of amides is 1. The highest BCUT2D eigenvalue weighted by Gasteiger charge is 2.16. The SMILES string of the molecule is O=C(O)Cc1csc(N2CCNC(=O)CC2)n1. The summed E-state index contributed by atoms with van der Waals surface area (Å²) in [6.07, 6.45) is 0.398. The fraction of sp³-hybridized carbons (Fsp3) is 0.500. The highest BCUT2D eigenvalue weighted by molar-refractivity contribution is 7.13. The van der Waals surface area contributed by atoms with Crippen LogP contribution in [0.3, 0.4) is 0 Å². The van der Waals surface area contributed by atoms with Crippen LogP contribution in [0.4, 0.5) is 5.13 Å². The van der Waals surface area contributed by atoms with Gasteiger partial charge in [-0.15, -0.1) is 11.3 Å². The van der Waals surface area contributed by atoms with Gasteiger partial charge in [-0.3, -0.25) is 9.59 Å².